The topological polar surface area (TPSA) is 43.4 Å². The van der Waals surface area contributed by atoms with Gasteiger partial charge in [-0.1, -0.05) is 0 Å². The maximum Gasteiger partial charge on any atom is 0.161 e. The standard InChI is InChI=1S/C14H18N2O2S/c1-4-18-12-6-5-10(7-13(12)17-3)14-16-11(8-15-2)9-19-14/h5-7,9,15H,4,8H2,1-3H3. The van der Waals surface area contributed by atoms with E-state index in [0.29, 0.717) is 6.61 Å². The van der Waals surface area contributed by atoms with E-state index in [2.05, 4.69) is 15.7 Å². The Morgan fingerprint density at radius 2 is 2.16 bits per heavy atom. The van der Waals surface area contributed by atoms with E-state index < -0.39 is 0 Å². The number of hydrogen-bond donors (Lipinski definition) is 1. The van der Waals surface area contributed by atoms with Crippen LogP contribution >= 0.6 is 11.3 Å². The van der Waals surface area contributed by atoms with Crippen LogP contribution in [0.3, 0.4) is 0 Å². The van der Waals surface area contributed by atoms with Gasteiger partial charge in [0.15, 0.2) is 11.5 Å². The van der Waals surface area contributed by atoms with E-state index in [-0.39, 0.29) is 0 Å². The van der Waals surface area contributed by atoms with Gasteiger partial charge in [0.25, 0.3) is 0 Å². The molecular weight excluding hydrogens is 260 g/mol. The number of thiazole rings is 1. The summed E-state index contributed by atoms with van der Waals surface area (Å²) in [6.45, 7) is 3.36. The van der Waals surface area contributed by atoms with E-state index in [1.807, 2.05) is 32.2 Å². The summed E-state index contributed by atoms with van der Waals surface area (Å²) in [7, 11) is 3.56. The van der Waals surface area contributed by atoms with E-state index in [9.17, 15) is 0 Å². The lowest BCUT2D eigenvalue weighted by Gasteiger charge is -2.09. The fraction of sp³-hybridized carbons (Fsp3) is 0.357. The predicted molar refractivity (Wildman–Crippen MR) is 78.0 cm³/mol. The van der Waals surface area contributed by atoms with Gasteiger partial charge in [-0.05, 0) is 32.2 Å². The van der Waals surface area contributed by atoms with E-state index >= 15 is 0 Å². The minimum atomic E-state index is 0.624. The molecule has 1 aromatic heterocycles. The maximum atomic E-state index is 5.51. The van der Waals surface area contributed by atoms with E-state index in [0.717, 1.165) is 34.3 Å². The second-order valence-electron chi connectivity index (χ2n) is 3.97. The lowest BCUT2D eigenvalue weighted by atomic mass is 10.2. The summed E-state index contributed by atoms with van der Waals surface area (Å²) in [4.78, 5) is 4.58. The third-order valence-electron chi connectivity index (χ3n) is 2.62. The first-order chi connectivity index (χ1) is 9.28. The van der Waals surface area contributed by atoms with Crippen molar-refractivity contribution in [2.24, 2.45) is 0 Å². The second-order valence-corrected chi connectivity index (χ2v) is 4.83. The molecule has 0 radical (unpaired) electrons. The van der Waals surface area contributed by atoms with Gasteiger partial charge >= 0.3 is 0 Å². The summed E-state index contributed by atoms with van der Waals surface area (Å²) in [6, 6.07) is 5.90. The van der Waals surface area contributed by atoms with Gasteiger partial charge in [-0.3, -0.25) is 0 Å². The van der Waals surface area contributed by atoms with Crippen molar-refractivity contribution in [2.75, 3.05) is 20.8 Å². The van der Waals surface area contributed by atoms with Gasteiger partial charge in [-0.2, -0.15) is 0 Å². The Morgan fingerprint density at radius 1 is 1.32 bits per heavy atom. The summed E-state index contributed by atoms with van der Waals surface area (Å²) in [5, 5.41) is 6.15. The molecule has 0 saturated heterocycles. The molecule has 5 heteroatoms. The molecule has 19 heavy (non-hydrogen) atoms. The Labute approximate surface area is 117 Å². The summed E-state index contributed by atoms with van der Waals surface area (Å²) in [5.74, 6) is 1.51. The van der Waals surface area contributed by atoms with Gasteiger partial charge < -0.3 is 14.8 Å². The normalized spacial score (nSPS) is 10.5. The fourth-order valence-corrected chi connectivity index (χ4v) is 2.59. The van der Waals surface area contributed by atoms with Crippen molar-refractivity contribution in [1.29, 1.82) is 0 Å². The molecule has 2 rings (SSSR count). The number of aromatic nitrogens is 1. The Morgan fingerprint density at radius 3 is 2.84 bits per heavy atom. The zero-order valence-electron chi connectivity index (χ0n) is 11.4. The average Bonchev–Trinajstić information content (AvgIpc) is 2.88. The molecule has 0 spiro atoms. The lowest BCUT2D eigenvalue weighted by molar-refractivity contribution is 0.311. The number of nitrogens with one attached hydrogen (secondary N) is 1. The molecule has 0 aliphatic rings. The van der Waals surface area contributed by atoms with Crippen molar-refractivity contribution in [3.63, 3.8) is 0 Å². The first-order valence-electron chi connectivity index (χ1n) is 6.18. The van der Waals surface area contributed by atoms with Crippen LogP contribution in [0, 0.1) is 0 Å². The molecule has 0 unspecified atom stereocenters. The minimum absolute atomic E-state index is 0.624. The summed E-state index contributed by atoms with van der Waals surface area (Å²) < 4.78 is 10.9. The molecule has 1 aromatic carbocycles. The van der Waals surface area contributed by atoms with Crippen LogP contribution in [0.1, 0.15) is 12.6 Å². The number of rotatable bonds is 6. The quantitative estimate of drug-likeness (QED) is 0.882. The summed E-state index contributed by atoms with van der Waals surface area (Å²) >= 11 is 1.63. The highest BCUT2D eigenvalue weighted by molar-refractivity contribution is 7.13. The highest BCUT2D eigenvalue weighted by atomic mass is 32.1. The molecule has 0 atom stereocenters. The Hall–Kier alpha value is -1.59. The number of benzene rings is 1. The molecule has 102 valence electrons. The monoisotopic (exact) mass is 278 g/mol. The van der Waals surface area contributed by atoms with Crippen LogP contribution < -0.4 is 14.8 Å². The highest BCUT2D eigenvalue weighted by Gasteiger charge is 2.09. The van der Waals surface area contributed by atoms with Crippen LogP contribution in [-0.4, -0.2) is 25.7 Å². The minimum Gasteiger partial charge on any atom is -0.493 e. The zero-order valence-corrected chi connectivity index (χ0v) is 12.2. The number of hydrogen-bond acceptors (Lipinski definition) is 5. The van der Waals surface area contributed by atoms with E-state index in [4.69, 9.17) is 9.47 Å². The fourth-order valence-electron chi connectivity index (χ4n) is 1.78. The molecule has 0 fully saturated rings. The van der Waals surface area contributed by atoms with Crippen LogP contribution in [0.15, 0.2) is 23.6 Å². The first kappa shape index (κ1) is 13.8. The zero-order chi connectivity index (χ0) is 13.7. The van der Waals surface area contributed by atoms with Crippen LogP contribution in [0.5, 0.6) is 11.5 Å². The van der Waals surface area contributed by atoms with Crippen molar-refractivity contribution >= 4 is 11.3 Å². The van der Waals surface area contributed by atoms with E-state index in [1.54, 1.807) is 18.4 Å². The maximum absolute atomic E-state index is 5.51. The molecule has 1 heterocycles. The van der Waals surface area contributed by atoms with Gasteiger partial charge in [0, 0.05) is 17.5 Å². The van der Waals surface area contributed by atoms with Crippen molar-refractivity contribution in [2.45, 2.75) is 13.5 Å². The van der Waals surface area contributed by atoms with Gasteiger partial charge in [0.2, 0.25) is 0 Å². The van der Waals surface area contributed by atoms with Crippen molar-refractivity contribution < 1.29 is 9.47 Å². The molecule has 1 N–H and O–H groups in total. The number of nitrogens with zero attached hydrogens (tertiary/aromatic N) is 1. The summed E-state index contributed by atoms with van der Waals surface area (Å²) in [6.07, 6.45) is 0. The number of methoxy groups -OCH3 is 1. The van der Waals surface area contributed by atoms with Gasteiger partial charge in [-0.15, -0.1) is 11.3 Å². The molecule has 0 amide bonds. The molecule has 0 saturated carbocycles. The smallest absolute Gasteiger partial charge is 0.161 e. The van der Waals surface area contributed by atoms with Crippen LogP contribution in [0.25, 0.3) is 10.6 Å². The van der Waals surface area contributed by atoms with Crippen LogP contribution in [-0.2, 0) is 6.54 Å². The van der Waals surface area contributed by atoms with Crippen molar-refractivity contribution in [3.8, 4) is 22.1 Å². The lowest BCUT2D eigenvalue weighted by Crippen LogP contribution is -2.04. The molecule has 2 aromatic rings. The molecule has 4 nitrogen and oxygen atoms in total. The second kappa shape index (κ2) is 6.54. The third-order valence-corrected chi connectivity index (χ3v) is 3.56. The SMILES string of the molecule is CCOc1ccc(-c2nc(CNC)cs2)cc1OC. The van der Waals surface area contributed by atoms with Crippen LogP contribution in [0.2, 0.25) is 0 Å². The van der Waals surface area contributed by atoms with Crippen LogP contribution in [0.4, 0.5) is 0 Å². The average molecular weight is 278 g/mol. The van der Waals surface area contributed by atoms with Crippen molar-refractivity contribution in [1.82, 2.24) is 10.3 Å². The largest absolute Gasteiger partial charge is 0.493 e. The molecular formula is C14H18N2O2S. The summed E-state index contributed by atoms with van der Waals surface area (Å²) in [5.41, 5.74) is 2.10. The van der Waals surface area contributed by atoms with E-state index in [1.165, 1.54) is 0 Å². The Bertz CT molecular complexity index is 540. The molecule has 0 bridgehead atoms. The third kappa shape index (κ3) is 3.24. The number of ether oxygens (including phenoxy) is 2. The van der Waals surface area contributed by atoms with Crippen molar-refractivity contribution in [3.05, 3.63) is 29.3 Å². The Balaban J connectivity index is 2.28. The molecule has 0 aliphatic heterocycles. The first-order valence-corrected chi connectivity index (χ1v) is 7.06. The molecule has 0 aliphatic carbocycles. The highest BCUT2D eigenvalue weighted by Crippen LogP contribution is 2.33. The van der Waals surface area contributed by atoms with Gasteiger partial charge in [0.1, 0.15) is 5.01 Å². The van der Waals surface area contributed by atoms with Gasteiger partial charge in [0.05, 0.1) is 19.4 Å². The Kier molecular flexibility index (Phi) is 4.76. The predicted octanol–water partition coefficient (Wildman–Crippen LogP) is 2.94. The van der Waals surface area contributed by atoms with Gasteiger partial charge in [-0.25, -0.2) is 4.98 Å².